The van der Waals surface area contributed by atoms with Crippen LogP contribution in [0, 0.1) is 0 Å². The van der Waals surface area contributed by atoms with Crippen LogP contribution in [-0.2, 0) is 11.3 Å². The van der Waals surface area contributed by atoms with Gasteiger partial charge in [0, 0.05) is 6.04 Å². The van der Waals surface area contributed by atoms with Crippen LogP contribution < -0.4 is 5.73 Å². The van der Waals surface area contributed by atoms with E-state index < -0.39 is 0 Å². The first-order valence-electron chi connectivity index (χ1n) is 4.73. The molecule has 0 aliphatic heterocycles. The third-order valence-electron chi connectivity index (χ3n) is 2.04. The molecule has 76 valence electrons. The van der Waals surface area contributed by atoms with E-state index >= 15 is 0 Å². The van der Waals surface area contributed by atoms with Crippen LogP contribution in [-0.4, -0.2) is 12.6 Å². The van der Waals surface area contributed by atoms with E-state index in [0.717, 1.165) is 5.57 Å². The average Bonchev–Trinajstić information content (AvgIpc) is 2.19. The summed E-state index contributed by atoms with van der Waals surface area (Å²) in [5, 5.41) is 0. The molecule has 0 spiro atoms. The molecule has 1 rings (SSSR count). The lowest BCUT2D eigenvalue weighted by molar-refractivity contribution is 0.114. The Balaban J connectivity index is 2.26. The molecule has 0 saturated carbocycles. The summed E-state index contributed by atoms with van der Waals surface area (Å²) >= 11 is 0. The first-order valence-corrected chi connectivity index (χ1v) is 4.73. The molecule has 0 heterocycles. The molecule has 2 nitrogen and oxygen atoms in total. The Hall–Kier alpha value is -1.12. The zero-order chi connectivity index (χ0) is 10.4. The molecular weight excluding hydrogens is 174 g/mol. The number of ether oxygens (including phenoxy) is 1. The molecule has 1 atom stereocenters. The van der Waals surface area contributed by atoms with Crippen molar-refractivity contribution < 1.29 is 4.74 Å². The summed E-state index contributed by atoms with van der Waals surface area (Å²) in [4.78, 5) is 0. The molecule has 0 aromatic heterocycles. The predicted octanol–water partition coefficient (Wildman–Crippen LogP) is 2.11. The van der Waals surface area contributed by atoms with Crippen molar-refractivity contribution in [3.63, 3.8) is 0 Å². The van der Waals surface area contributed by atoms with E-state index in [1.165, 1.54) is 5.56 Å². The lowest BCUT2D eigenvalue weighted by atomic mass is 10.2. The van der Waals surface area contributed by atoms with Gasteiger partial charge < -0.3 is 10.5 Å². The number of hydrogen-bond donors (Lipinski definition) is 1. The van der Waals surface area contributed by atoms with Gasteiger partial charge in [-0.15, -0.1) is 0 Å². The van der Waals surface area contributed by atoms with Gasteiger partial charge in [0.1, 0.15) is 0 Å². The van der Waals surface area contributed by atoms with Gasteiger partial charge in [-0.3, -0.25) is 0 Å². The minimum Gasteiger partial charge on any atom is -0.375 e. The second-order valence-electron chi connectivity index (χ2n) is 3.45. The van der Waals surface area contributed by atoms with Gasteiger partial charge in [-0.2, -0.15) is 0 Å². The highest BCUT2D eigenvalue weighted by Crippen LogP contribution is 2.02. The first-order chi connectivity index (χ1) is 6.70. The highest BCUT2D eigenvalue weighted by molar-refractivity contribution is 5.13. The molecule has 0 radical (unpaired) electrons. The summed E-state index contributed by atoms with van der Waals surface area (Å²) in [6, 6.07) is 10.00. The molecule has 1 unspecified atom stereocenters. The standard InChI is InChI=1S/C12H17NO/c1-10(2)12(13)9-14-8-11-6-4-3-5-7-11/h3-7,12H,1,8-9,13H2,2H3. The van der Waals surface area contributed by atoms with Crippen LogP contribution >= 0.6 is 0 Å². The molecule has 0 aliphatic rings. The average molecular weight is 191 g/mol. The highest BCUT2D eigenvalue weighted by atomic mass is 16.5. The molecule has 2 heteroatoms. The number of benzene rings is 1. The van der Waals surface area contributed by atoms with Crippen LogP contribution in [0.25, 0.3) is 0 Å². The second kappa shape index (κ2) is 5.58. The van der Waals surface area contributed by atoms with E-state index in [2.05, 4.69) is 6.58 Å². The fraction of sp³-hybridized carbons (Fsp3) is 0.333. The smallest absolute Gasteiger partial charge is 0.0717 e. The molecule has 0 saturated heterocycles. The SMILES string of the molecule is C=C(C)C(N)COCc1ccccc1. The van der Waals surface area contributed by atoms with Gasteiger partial charge in [0.15, 0.2) is 0 Å². The van der Waals surface area contributed by atoms with E-state index in [-0.39, 0.29) is 6.04 Å². The molecule has 0 fully saturated rings. The summed E-state index contributed by atoms with van der Waals surface area (Å²) in [6.07, 6.45) is 0. The van der Waals surface area contributed by atoms with Crippen molar-refractivity contribution in [1.29, 1.82) is 0 Å². The number of nitrogens with two attached hydrogens (primary N) is 1. The summed E-state index contributed by atoms with van der Waals surface area (Å²) in [5.74, 6) is 0. The van der Waals surface area contributed by atoms with Crippen molar-refractivity contribution in [3.05, 3.63) is 48.0 Å². The van der Waals surface area contributed by atoms with E-state index in [4.69, 9.17) is 10.5 Å². The lowest BCUT2D eigenvalue weighted by Crippen LogP contribution is -2.26. The van der Waals surface area contributed by atoms with Crippen LogP contribution in [0.2, 0.25) is 0 Å². The maximum absolute atomic E-state index is 5.76. The van der Waals surface area contributed by atoms with Crippen molar-refractivity contribution in [3.8, 4) is 0 Å². The maximum Gasteiger partial charge on any atom is 0.0717 e. The fourth-order valence-electron chi connectivity index (χ4n) is 1.02. The molecule has 1 aromatic carbocycles. The predicted molar refractivity (Wildman–Crippen MR) is 58.9 cm³/mol. The normalized spacial score (nSPS) is 12.4. The first kappa shape index (κ1) is 11.0. The number of hydrogen-bond acceptors (Lipinski definition) is 2. The number of rotatable bonds is 5. The third-order valence-corrected chi connectivity index (χ3v) is 2.04. The largest absolute Gasteiger partial charge is 0.375 e. The van der Waals surface area contributed by atoms with Gasteiger partial charge in [-0.05, 0) is 12.5 Å². The van der Waals surface area contributed by atoms with E-state index in [0.29, 0.717) is 13.2 Å². The maximum atomic E-state index is 5.76. The Labute approximate surface area is 85.4 Å². The van der Waals surface area contributed by atoms with Gasteiger partial charge in [-0.1, -0.05) is 42.5 Å². The zero-order valence-electron chi connectivity index (χ0n) is 8.57. The summed E-state index contributed by atoms with van der Waals surface area (Å²) in [6.45, 7) is 6.83. The molecular formula is C12H17NO. The Morgan fingerprint density at radius 1 is 1.43 bits per heavy atom. The Bertz CT molecular complexity index is 282. The summed E-state index contributed by atoms with van der Waals surface area (Å²) in [7, 11) is 0. The van der Waals surface area contributed by atoms with Crippen molar-refractivity contribution >= 4 is 0 Å². The molecule has 0 bridgehead atoms. The monoisotopic (exact) mass is 191 g/mol. The quantitative estimate of drug-likeness (QED) is 0.723. The molecule has 0 amide bonds. The highest BCUT2D eigenvalue weighted by Gasteiger charge is 2.02. The van der Waals surface area contributed by atoms with E-state index in [1.807, 2.05) is 37.3 Å². The van der Waals surface area contributed by atoms with Crippen molar-refractivity contribution in [2.75, 3.05) is 6.61 Å². The summed E-state index contributed by atoms with van der Waals surface area (Å²) < 4.78 is 5.46. The minimum atomic E-state index is -0.0567. The third kappa shape index (κ3) is 3.73. The van der Waals surface area contributed by atoms with Gasteiger partial charge in [-0.25, -0.2) is 0 Å². The zero-order valence-corrected chi connectivity index (χ0v) is 8.57. The molecule has 14 heavy (non-hydrogen) atoms. The second-order valence-corrected chi connectivity index (χ2v) is 3.45. The van der Waals surface area contributed by atoms with Gasteiger partial charge in [0.25, 0.3) is 0 Å². The van der Waals surface area contributed by atoms with Gasteiger partial charge >= 0.3 is 0 Å². The Kier molecular flexibility index (Phi) is 4.36. The van der Waals surface area contributed by atoms with Crippen LogP contribution in [0.4, 0.5) is 0 Å². The topological polar surface area (TPSA) is 35.2 Å². The molecule has 0 aliphatic carbocycles. The molecule has 2 N–H and O–H groups in total. The van der Waals surface area contributed by atoms with Gasteiger partial charge in [0.05, 0.1) is 13.2 Å². The Morgan fingerprint density at radius 2 is 2.07 bits per heavy atom. The molecule has 1 aromatic rings. The lowest BCUT2D eigenvalue weighted by Gasteiger charge is -2.11. The fourth-order valence-corrected chi connectivity index (χ4v) is 1.02. The van der Waals surface area contributed by atoms with Crippen LogP contribution in [0.5, 0.6) is 0 Å². The van der Waals surface area contributed by atoms with Crippen LogP contribution in [0.3, 0.4) is 0 Å². The van der Waals surface area contributed by atoms with Crippen molar-refractivity contribution in [1.82, 2.24) is 0 Å². The van der Waals surface area contributed by atoms with Crippen molar-refractivity contribution in [2.45, 2.75) is 19.6 Å². The van der Waals surface area contributed by atoms with Crippen LogP contribution in [0.1, 0.15) is 12.5 Å². The summed E-state index contributed by atoms with van der Waals surface area (Å²) in [5.41, 5.74) is 7.88. The Morgan fingerprint density at radius 3 is 2.64 bits per heavy atom. The van der Waals surface area contributed by atoms with E-state index in [9.17, 15) is 0 Å². The van der Waals surface area contributed by atoms with Crippen LogP contribution in [0.15, 0.2) is 42.5 Å². The minimum absolute atomic E-state index is 0.0567. The van der Waals surface area contributed by atoms with Gasteiger partial charge in [0.2, 0.25) is 0 Å². The van der Waals surface area contributed by atoms with Crippen molar-refractivity contribution in [2.24, 2.45) is 5.73 Å². The van der Waals surface area contributed by atoms with E-state index in [1.54, 1.807) is 0 Å².